The number of hydrogen-bond donors (Lipinski definition) is 3. The van der Waals surface area contributed by atoms with Gasteiger partial charge in [-0.1, -0.05) is 7.43 Å². The third-order valence-corrected chi connectivity index (χ3v) is 7.78. The SMILES string of the molecule is C.COc1cc(C(=O)NCC(c2cc3c(c(-c4ccc(F)cc4)n2)OCC3(CF)CF)C2CC2)cc(/C=C(/C)N)c1N. The van der Waals surface area contributed by atoms with Gasteiger partial charge in [0.25, 0.3) is 5.91 Å². The summed E-state index contributed by atoms with van der Waals surface area (Å²) in [6.45, 7) is -0.0753. The minimum Gasteiger partial charge on any atom is -0.495 e. The lowest BCUT2D eigenvalue weighted by molar-refractivity contribution is 0.0949. The highest BCUT2D eigenvalue weighted by Crippen LogP contribution is 2.48. The van der Waals surface area contributed by atoms with Crippen LogP contribution in [0.3, 0.4) is 0 Å². The van der Waals surface area contributed by atoms with Crippen LogP contribution in [0.15, 0.2) is 48.2 Å². The standard InChI is InChI=1S/C31H33F3N4O3.CH4/c1-17(35)9-20-10-21(11-26(40-2)27(20)36)30(39)37-13-23(18-3-4-18)25-12-24-29(41-16-31(24,14-32)15-33)28(38-25)19-5-7-22(34)8-6-19;/h5-12,18,23H,3-4,13-16,35-36H2,1-2H3,(H,37,39);1H4/b17-9-;. The molecule has 7 nitrogen and oxygen atoms in total. The van der Waals surface area contributed by atoms with Crippen molar-refractivity contribution < 1.29 is 27.4 Å². The van der Waals surface area contributed by atoms with Gasteiger partial charge in [-0.3, -0.25) is 4.79 Å². The van der Waals surface area contributed by atoms with Crippen LogP contribution in [0.25, 0.3) is 17.3 Å². The van der Waals surface area contributed by atoms with Crippen LogP contribution in [0.2, 0.25) is 0 Å². The van der Waals surface area contributed by atoms with Crippen molar-refractivity contribution >= 4 is 17.7 Å². The van der Waals surface area contributed by atoms with Crippen molar-refractivity contribution in [1.82, 2.24) is 10.3 Å². The number of ether oxygens (including phenoxy) is 2. The van der Waals surface area contributed by atoms with Gasteiger partial charge in [-0.05, 0) is 74.2 Å². The Balaban J connectivity index is 0.00000405. The Morgan fingerprint density at radius 3 is 2.50 bits per heavy atom. The van der Waals surface area contributed by atoms with Gasteiger partial charge in [0, 0.05) is 46.1 Å². The number of nitrogens with zero attached hydrogens (tertiary/aromatic N) is 1. The minimum absolute atomic E-state index is 0. The highest BCUT2D eigenvalue weighted by Gasteiger charge is 2.45. The molecule has 1 atom stereocenters. The number of methoxy groups -OCH3 is 1. The molecule has 3 aromatic rings. The molecule has 10 heteroatoms. The number of aromatic nitrogens is 1. The molecule has 2 heterocycles. The highest BCUT2D eigenvalue weighted by molar-refractivity contribution is 5.96. The monoisotopic (exact) mass is 582 g/mol. The van der Waals surface area contributed by atoms with Gasteiger partial charge in [0.15, 0.2) is 0 Å². The first kappa shape index (κ1) is 30.7. The maximum Gasteiger partial charge on any atom is 0.251 e. The number of nitrogens with two attached hydrogens (primary N) is 2. The number of benzene rings is 2. The van der Waals surface area contributed by atoms with Crippen molar-refractivity contribution in [1.29, 1.82) is 0 Å². The number of pyridine rings is 1. The van der Waals surface area contributed by atoms with E-state index in [9.17, 15) is 18.0 Å². The number of rotatable bonds is 10. The molecule has 1 aromatic heterocycles. The largest absolute Gasteiger partial charge is 0.495 e. The van der Waals surface area contributed by atoms with Gasteiger partial charge in [0.05, 0.1) is 18.2 Å². The topological polar surface area (TPSA) is 112 Å². The molecule has 1 aliphatic heterocycles. The average Bonchev–Trinajstić information content (AvgIpc) is 3.74. The van der Waals surface area contributed by atoms with Crippen LogP contribution in [0.5, 0.6) is 11.5 Å². The molecule has 224 valence electrons. The number of nitrogen functional groups attached to an aromatic ring is 1. The zero-order valence-electron chi connectivity index (χ0n) is 23.0. The first-order valence-electron chi connectivity index (χ1n) is 13.4. The number of hydrogen-bond acceptors (Lipinski definition) is 6. The summed E-state index contributed by atoms with van der Waals surface area (Å²) < 4.78 is 53.4. The minimum atomic E-state index is -1.44. The maximum absolute atomic E-state index is 14.3. The quantitative estimate of drug-likeness (QED) is 0.256. The molecule has 1 fully saturated rings. The summed E-state index contributed by atoms with van der Waals surface area (Å²) in [5.74, 6) is -0.0946. The Kier molecular flexibility index (Phi) is 9.03. The van der Waals surface area contributed by atoms with Crippen LogP contribution in [-0.4, -0.2) is 44.5 Å². The average molecular weight is 583 g/mol. The lowest BCUT2D eigenvalue weighted by Gasteiger charge is -2.23. The second-order valence-corrected chi connectivity index (χ2v) is 10.8. The van der Waals surface area contributed by atoms with Gasteiger partial charge >= 0.3 is 0 Å². The fourth-order valence-electron chi connectivity index (χ4n) is 5.26. The molecular weight excluding hydrogens is 545 g/mol. The first-order chi connectivity index (χ1) is 19.7. The van der Waals surface area contributed by atoms with Gasteiger partial charge in [0.1, 0.15) is 43.0 Å². The van der Waals surface area contributed by atoms with Gasteiger partial charge in [-0.25, -0.2) is 18.2 Å². The number of anilines is 1. The molecule has 5 rings (SSSR count). The molecule has 0 spiro atoms. The summed E-state index contributed by atoms with van der Waals surface area (Å²) in [4.78, 5) is 18.2. The molecule has 1 amide bonds. The molecule has 1 aliphatic carbocycles. The van der Waals surface area contributed by atoms with Crippen molar-refractivity contribution in [2.75, 3.05) is 39.3 Å². The van der Waals surface area contributed by atoms with Crippen LogP contribution < -0.4 is 26.3 Å². The van der Waals surface area contributed by atoms with Crippen molar-refractivity contribution in [3.8, 4) is 22.8 Å². The Morgan fingerprint density at radius 1 is 1.21 bits per heavy atom. The zero-order valence-corrected chi connectivity index (χ0v) is 23.0. The van der Waals surface area contributed by atoms with Gasteiger partial charge in [0.2, 0.25) is 0 Å². The van der Waals surface area contributed by atoms with Crippen LogP contribution in [0, 0.1) is 11.7 Å². The molecule has 0 radical (unpaired) electrons. The third kappa shape index (κ3) is 5.89. The fraction of sp³-hybridized carbons (Fsp3) is 0.375. The molecule has 1 saturated carbocycles. The van der Waals surface area contributed by atoms with Crippen LogP contribution >= 0.6 is 0 Å². The predicted octanol–water partition coefficient (Wildman–Crippen LogP) is 5.93. The molecule has 2 aromatic carbocycles. The van der Waals surface area contributed by atoms with E-state index >= 15 is 0 Å². The molecule has 2 aliphatic rings. The normalized spacial score (nSPS) is 16.2. The number of carbonyl (C=O) groups excluding carboxylic acids is 1. The van der Waals surface area contributed by atoms with Gasteiger partial charge in [-0.15, -0.1) is 0 Å². The molecular formula is C32H37F3N4O3. The summed E-state index contributed by atoms with van der Waals surface area (Å²) in [5.41, 5.74) is 14.3. The summed E-state index contributed by atoms with van der Waals surface area (Å²) in [7, 11) is 1.47. The van der Waals surface area contributed by atoms with Crippen molar-refractivity contribution in [3.05, 3.63) is 76.4 Å². The van der Waals surface area contributed by atoms with E-state index in [1.54, 1.807) is 43.3 Å². The fourth-order valence-corrected chi connectivity index (χ4v) is 5.26. The Hall–Kier alpha value is -4.21. The van der Waals surface area contributed by atoms with Gasteiger partial charge in [-0.2, -0.15) is 0 Å². The van der Waals surface area contributed by atoms with E-state index in [0.29, 0.717) is 56.5 Å². The van der Waals surface area contributed by atoms with Crippen molar-refractivity contribution in [2.24, 2.45) is 11.7 Å². The summed E-state index contributed by atoms with van der Waals surface area (Å²) in [5, 5.41) is 3.00. The Morgan fingerprint density at radius 2 is 1.90 bits per heavy atom. The number of amides is 1. The van der Waals surface area contributed by atoms with Crippen molar-refractivity contribution in [2.45, 2.75) is 38.5 Å². The van der Waals surface area contributed by atoms with Crippen molar-refractivity contribution in [3.63, 3.8) is 0 Å². The second kappa shape index (κ2) is 12.3. The summed E-state index contributed by atoms with van der Waals surface area (Å²) in [6, 6.07) is 10.7. The predicted molar refractivity (Wildman–Crippen MR) is 159 cm³/mol. The lowest BCUT2D eigenvalue weighted by Crippen LogP contribution is -2.33. The zero-order chi connectivity index (χ0) is 29.3. The Bertz CT molecular complexity index is 1480. The van der Waals surface area contributed by atoms with Crippen LogP contribution in [0.4, 0.5) is 18.9 Å². The summed E-state index contributed by atoms with van der Waals surface area (Å²) in [6.07, 6.45) is 3.52. The van der Waals surface area contributed by atoms with E-state index in [0.717, 1.165) is 12.8 Å². The second-order valence-electron chi connectivity index (χ2n) is 10.8. The Labute approximate surface area is 244 Å². The van der Waals surface area contributed by atoms with E-state index in [1.165, 1.54) is 19.2 Å². The van der Waals surface area contributed by atoms with E-state index < -0.39 is 24.6 Å². The van der Waals surface area contributed by atoms with E-state index in [2.05, 4.69) is 5.32 Å². The third-order valence-electron chi connectivity index (χ3n) is 7.78. The van der Waals surface area contributed by atoms with Crippen LogP contribution in [0.1, 0.15) is 60.3 Å². The van der Waals surface area contributed by atoms with E-state index in [-0.39, 0.29) is 38.3 Å². The smallest absolute Gasteiger partial charge is 0.251 e. The number of carbonyl (C=O) groups is 1. The summed E-state index contributed by atoms with van der Waals surface area (Å²) >= 11 is 0. The molecule has 1 unspecified atom stereocenters. The number of halogens is 3. The molecule has 5 N–H and O–H groups in total. The van der Waals surface area contributed by atoms with Crippen LogP contribution in [-0.2, 0) is 5.41 Å². The van der Waals surface area contributed by atoms with E-state index in [1.807, 2.05) is 0 Å². The van der Waals surface area contributed by atoms with E-state index in [4.69, 9.17) is 25.9 Å². The number of nitrogens with one attached hydrogen (secondary N) is 1. The molecule has 42 heavy (non-hydrogen) atoms. The highest BCUT2D eigenvalue weighted by atomic mass is 19.1. The molecule has 0 bridgehead atoms. The molecule has 0 saturated heterocycles. The number of alkyl halides is 2. The number of allylic oxidation sites excluding steroid dienone is 1. The first-order valence-corrected chi connectivity index (χ1v) is 13.4. The maximum atomic E-state index is 14.3. The van der Waals surface area contributed by atoms with Gasteiger partial charge < -0.3 is 26.3 Å². The lowest BCUT2D eigenvalue weighted by atomic mass is 9.83. The number of fused-ring (bicyclic) bond motifs is 1.